The first kappa shape index (κ1) is 14.6. The molecule has 2 aromatic carbocycles. The lowest BCUT2D eigenvalue weighted by Gasteiger charge is -2.10. The highest BCUT2D eigenvalue weighted by molar-refractivity contribution is 6.06. The van der Waals surface area contributed by atoms with Crippen LogP contribution in [0.15, 0.2) is 42.5 Å². The Labute approximate surface area is 121 Å². The van der Waals surface area contributed by atoms with E-state index < -0.39 is 5.97 Å². The van der Waals surface area contributed by atoms with Crippen LogP contribution in [0.2, 0.25) is 0 Å². The first-order valence-corrected chi connectivity index (χ1v) is 6.48. The van der Waals surface area contributed by atoms with E-state index in [1.54, 1.807) is 12.1 Å². The number of phenolic OH excluding ortho intramolecular Hbond substituents is 1. The summed E-state index contributed by atoms with van der Waals surface area (Å²) < 4.78 is 0. The van der Waals surface area contributed by atoms with Gasteiger partial charge in [0.05, 0.1) is 11.3 Å². The standard InChI is InChI=1S/C16H15NO4/c1-2-10-5-3-4-6-12(10)15(19)17-13-9-11(16(20)21)7-8-14(13)18/h3-9,18H,2H2,1H3,(H,17,19)(H,20,21). The molecule has 108 valence electrons. The number of aromatic hydroxyl groups is 1. The van der Waals surface area contributed by atoms with Gasteiger partial charge >= 0.3 is 5.97 Å². The first-order chi connectivity index (χ1) is 10.0. The van der Waals surface area contributed by atoms with E-state index in [4.69, 9.17) is 5.11 Å². The Morgan fingerprint density at radius 3 is 2.52 bits per heavy atom. The second kappa shape index (κ2) is 6.09. The molecule has 0 aliphatic rings. The molecule has 0 atom stereocenters. The van der Waals surface area contributed by atoms with Crippen molar-refractivity contribution in [1.82, 2.24) is 0 Å². The fraction of sp³-hybridized carbons (Fsp3) is 0.125. The molecular formula is C16H15NO4. The molecule has 0 saturated heterocycles. The minimum Gasteiger partial charge on any atom is -0.506 e. The van der Waals surface area contributed by atoms with Gasteiger partial charge in [-0.3, -0.25) is 4.79 Å². The molecular weight excluding hydrogens is 270 g/mol. The van der Waals surface area contributed by atoms with Crippen molar-refractivity contribution in [2.75, 3.05) is 5.32 Å². The van der Waals surface area contributed by atoms with E-state index >= 15 is 0 Å². The van der Waals surface area contributed by atoms with E-state index in [1.165, 1.54) is 18.2 Å². The predicted molar refractivity (Wildman–Crippen MR) is 78.8 cm³/mol. The number of rotatable bonds is 4. The zero-order valence-corrected chi connectivity index (χ0v) is 11.5. The van der Waals surface area contributed by atoms with Gasteiger partial charge < -0.3 is 15.5 Å². The molecule has 0 fully saturated rings. The van der Waals surface area contributed by atoms with Crippen LogP contribution in [0, 0.1) is 0 Å². The molecule has 5 nitrogen and oxygen atoms in total. The number of carbonyl (C=O) groups is 2. The van der Waals surface area contributed by atoms with E-state index in [1.807, 2.05) is 19.1 Å². The largest absolute Gasteiger partial charge is 0.506 e. The summed E-state index contributed by atoms with van der Waals surface area (Å²) in [5.41, 5.74) is 1.45. The molecule has 0 radical (unpaired) electrons. The van der Waals surface area contributed by atoms with Gasteiger partial charge in [-0.15, -0.1) is 0 Å². The number of amides is 1. The van der Waals surface area contributed by atoms with E-state index in [-0.39, 0.29) is 22.9 Å². The Kier molecular flexibility index (Phi) is 4.23. The molecule has 21 heavy (non-hydrogen) atoms. The summed E-state index contributed by atoms with van der Waals surface area (Å²) in [4.78, 5) is 23.2. The Morgan fingerprint density at radius 2 is 1.86 bits per heavy atom. The molecule has 0 unspecified atom stereocenters. The summed E-state index contributed by atoms with van der Waals surface area (Å²) in [5, 5.41) is 21.2. The van der Waals surface area contributed by atoms with Gasteiger partial charge in [-0.05, 0) is 36.2 Å². The lowest BCUT2D eigenvalue weighted by atomic mass is 10.0. The summed E-state index contributed by atoms with van der Waals surface area (Å²) in [6.45, 7) is 1.94. The van der Waals surface area contributed by atoms with Gasteiger partial charge in [-0.2, -0.15) is 0 Å². The summed E-state index contributed by atoms with van der Waals surface area (Å²) >= 11 is 0. The molecule has 0 spiro atoms. The molecule has 0 heterocycles. The maximum Gasteiger partial charge on any atom is 0.335 e. The van der Waals surface area contributed by atoms with Crippen LogP contribution >= 0.6 is 0 Å². The zero-order valence-electron chi connectivity index (χ0n) is 11.5. The monoisotopic (exact) mass is 285 g/mol. The highest BCUT2D eigenvalue weighted by Gasteiger charge is 2.14. The van der Waals surface area contributed by atoms with Gasteiger partial charge in [0.1, 0.15) is 5.75 Å². The van der Waals surface area contributed by atoms with Crippen LogP contribution in [0.3, 0.4) is 0 Å². The van der Waals surface area contributed by atoms with Gasteiger partial charge in [0.25, 0.3) is 5.91 Å². The number of benzene rings is 2. The number of anilines is 1. The van der Waals surface area contributed by atoms with Crippen LogP contribution in [-0.2, 0) is 6.42 Å². The highest BCUT2D eigenvalue weighted by Crippen LogP contribution is 2.25. The van der Waals surface area contributed by atoms with Crippen LogP contribution in [0.25, 0.3) is 0 Å². The lowest BCUT2D eigenvalue weighted by Crippen LogP contribution is -2.14. The quantitative estimate of drug-likeness (QED) is 0.754. The van der Waals surface area contributed by atoms with Crippen LogP contribution < -0.4 is 5.32 Å². The first-order valence-electron chi connectivity index (χ1n) is 6.48. The summed E-state index contributed by atoms with van der Waals surface area (Å²) in [5.74, 6) is -1.69. The Bertz CT molecular complexity index is 694. The molecule has 5 heteroatoms. The lowest BCUT2D eigenvalue weighted by molar-refractivity contribution is 0.0696. The molecule has 0 saturated carbocycles. The summed E-state index contributed by atoms with van der Waals surface area (Å²) in [6.07, 6.45) is 0.699. The smallest absolute Gasteiger partial charge is 0.335 e. The number of aryl methyl sites for hydroxylation is 1. The third-order valence-electron chi connectivity index (χ3n) is 3.13. The van der Waals surface area contributed by atoms with Crippen molar-refractivity contribution in [3.63, 3.8) is 0 Å². The van der Waals surface area contributed by atoms with Crippen molar-refractivity contribution in [2.24, 2.45) is 0 Å². The van der Waals surface area contributed by atoms with Crippen LogP contribution in [-0.4, -0.2) is 22.1 Å². The number of hydrogen-bond donors (Lipinski definition) is 3. The molecule has 3 N–H and O–H groups in total. The van der Waals surface area contributed by atoms with Crippen LogP contribution in [0.4, 0.5) is 5.69 Å². The molecule has 0 bridgehead atoms. The normalized spacial score (nSPS) is 10.1. The second-order valence-corrected chi connectivity index (χ2v) is 4.50. The van der Waals surface area contributed by atoms with Crippen LogP contribution in [0.5, 0.6) is 5.75 Å². The third kappa shape index (κ3) is 3.20. The van der Waals surface area contributed by atoms with E-state index in [2.05, 4.69) is 5.32 Å². The fourth-order valence-corrected chi connectivity index (χ4v) is 2.01. The number of phenols is 1. The van der Waals surface area contributed by atoms with Crippen molar-refractivity contribution in [2.45, 2.75) is 13.3 Å². The predicted octanol–water partition coefficient (Wildman–Crippen LogP) is 2.91. The number of carboxylic acid groups (broad SMARTS) is 1. The summed E-state index contributed by atoms with van der Waals surface area (Å²) in [7, 11) is 0. The van der Waals surface area contributed by atoms with Gasteiger partial charge in [0.2, 0.25) is 0 Å². The van der Waals surface area contributed by atoms with Gasteiger partial charge in [0, 0.05) is 5.56 Å². The number of hydrogen-bond acceptors (Lipinski definition) is 3. The van der Waals surface area contributed by atoms with Crippen molar-refractivity contribution < 1.29 is 19.8 Å². The maximum absolute atomic E-state index is 12.3. The fourth-order valence-electron chi connectivity index (χ4n) is 2.01. The van der Waals surface area contributed by atoms with Crippen LogP contribution in [0.1, 0.15) is 33.2 Å². The average molecular weight is 285 g/mol. The van der Waals surface area contributed by atoms with Gasteiger partial charge in [-0.1, -0.05) is 25.1 Å². The topological polar surface area (TPSA) is 86.6 Å². The number of nitrogens with one attached hydrogen (secondary N) is 1. The number of carbonyl (C=O) groups excluding carboxylic acids is 1. The van der Waals surface area contributed by atoms with Gasteiger partial charge in [-0.25, -0.2) is 4.79 Å². The average Bonchev–Trinajstić information content (AvgIpc) is 2.49. The highest BCUT2D eigenvalue weighted by atomic mass is 16.4. The maximum atomic E-state index is 12.3. The molecule has 0 aliphatic carbocycles. The van der Waals surface area contributed by atoms with E-state index in [0.29, 0.717) is 12.0 Å². The molecule has 0 aromatic heterocycles. The summed E-state index contributed by atoms with van der Waals surface area (Å²) in [6, 6.07) is 10.9. The molecule has 0 aliphatic heterocycles. The minimum absolute atomic E-state index is 0.00752. The third-order valence-corrected chi connectivity index (χ3v) is 3.13. The second-order valence-electron chi connectivity index (χ2n) is 4.50. The minimum atomic E-state index is -1.13. The number of aromatic carboxylic acids is 1. The zero-order chi connectivity index (χ0) is 15.4. The Hall–Kier alpha value is -2.82. The van der Waals surface area contributed by atoms with Crippen molar-refractivity contribution in [3.05, 3.63) is 59.2 Å². The molecule has 2 aromatic rings. The van der Waals surface area contributed by atoms with Gasteiger partial charge in [0.15, 0.2) is 0 Å². The molecule has 1 amide bonds. The molecule has 2 rings (SSSR count). The Balaban J connectivity index is 2.31. The number of carboxylic acids is 1. The van der Waals surface area contributed by atoms with E-state index in [9.17, 15) is 14.7 Å². The van der Waals surface area contributed by atoms with Crippen molar-refractivity contribution in [3.8, 4) is 5.75 Å². The Morgan fingerprint density at radius 1 is 1.14 bits per heavy atom. The van der Waals surface area contributed by atoms with Crippen molar-refractivity contribution >= 4 is 17.6 Å². The van der Waals surface area contributed by atoms with E-state index in [0.717, 1.165) is 5.56 Å². The SMILES string of the molecule is CCc1ccccc1C(=O)Nc1cc(C(=O)O)ccc1O. The van der Waals surface area contributed by atoms with Crippen molar-refractivity contribution in [1.29, 1.82) is 0 Å².